The van der Waals surface area contributed by atoms with E-state index < -0.39 is 0 Å². The van der Waals surface area contributed by atoms with Crippen molar-refractivity contribution in [1.82, 2.24) is 5.32 Å². The van der Waals surface area contributed by atoms with E-state index in [4.69, 9.17) is 4.74 Å². The molecule has 5 atom stereocenters. The van der Waals surface area contributed by atoms with Gasteiger partial charge in [-0.15, -0.1) is 0 Å². The molecule has 1 aromatic rings. The van der Waals surface area contributed by atoms with E-state index >= 15 is 0 Å². The van der Waals surface area contributed by atoms with Gasteiger partial charge in [-0.1, -0.05) is 38.3 Å². The largest absolute Gasteiger partial charge is 0.483 e. The number of unbranched alkanes of at least 4 members (excludes halogenated alkanes) is 2. The van der Waals surface area contributed by atoms with E-state index in [1.54, 1.807) is 0 Å². The van der Waals surface area contributed by atoms with E-state index in [1.165, 1.54) is 36.8 Å². The van der Waals surface area contributed by atoms with Crippen LogP contribution in [-0.4, -0.2) is 41.5 Å². The minimum absolute atomic E-state index is 0.0444. The molecule has 5 nitrogen and oxygen atoms in total. The number of nitrogens with one attached hydrogen (secondary N) is 1. The second-order valence-corrected chi connectivity index (χ2v) is 10.5. The van der Waals surface area contributed by atoms with Crippen molar-refractivity contribution >= 4 is 5.91 Å². The topological polar surface area (TPSA) is 78.8 Å². The number of aliphatic hydroxyl groups is 2. The van der Waals surface area contributed by atoms with Crippen LogP contribution < -0.4 is 10.1 Å². The number of benzene rings is 1. The number of fused-ring (bicyclic) bond motifs is 2. The zero-order valence-electron chi connectivity index (χ0n) is 19.6. The van der Waals surface area contributed by atoms with E-state index in [2.05, 4.69) is 18.3 Å². The Morgan fingerprint density at radius 2 is 2.06 bits per heavy atom. The normalized spacial score (nSPS) is 27.5. The standard InChI is InChI=1S/C27H41NO4/c1-2-3-4-7-21(29)11-12-22-23-13-19-6-5-8-26(24(19)14-20(23)15-25(22)30)32-17-27(31)28-16-18-9-10-18/h5-6,8,18,20-23,25,29-30H,2-4,7,9-17H2,1H3,(H,28,31)/t20-,21+,22+,23-,25+/m0/s1. The average Bonchev–Trinajstić information content (AvgIpc) is 3.56. The first-order valence-electron chi connectivity index (χ1n) is 12.9. The molecule has 0 aliphatic heterocycles. The molecule has 0 unspecified atom stereocenters. The molecule has 32 heavy (non-hydrogen) atoms. The van der Waals surface area contributed by atoms with Crippen LogP contribution in [0, 0.1) is 23.7 Å². The third kappa shape index (κ3) is 6.05. The molecule has 0 saturated heterocycles. The van der Waals surface area contributed by atoms with Gasteiger partial charge in [0.1, 0.15) is 5.75 Å². The molecule has 5 heteroatoms. The van der Waals surface area contributed by atoms with Gasteiger partial charge < -0.3 is 20.3 Å². The first-order chi connectivity index (χ1) is 15.5. The van der Waals surface area contributed by atoms with E-state index in [0.29, 0.717) is 17.8 Å². The highest BCUT2D eigenvalue weighted by Gasteiger charge is 2.44. The smallest absolute Gasteiger partial charge is 0.257 e. The molecule has 3 N–H and O–H groups in total. The van der Waals surface area contributed by atoms with E-state index in [-0.39, 0.29) is 30.6 Å². The highest BCUT2D eigenvalue weighted by atomic mass is 16.5. The zero-order chi connectivity index (χ0) is 22.5. The van der Waals surface area contributed by atoms with E-state index in [9.17, 15) is 15.0 Å². The van der Waals surface area contributed by atoms with Gasteiger partial charge >= 0.3 is 0 Å². The van der Waals surface area contributed by atoms with Crippen LogP contribution in [0.4, 0.5) is 0 Å². The van der Waals surface area contributed by atoms with Gasteiger partial charge in [0, 0.05) is 6.54 Å². The van der Waals surface area contributed by atoms with Gasteiger partial charge in [0.25, 0.3) is 5.91 Å². The lowest BCUT2D eigenvalue weighted by Crippen LogP contribution is -2.31. The van der Waals surface area contributed by atoms with Crippen LogP contribution in [0.2, 0.25) is 0 Å². The van der Waals surface area contributed by atoms with Crippen molar-refractivity contribution in [3.63, 3.8) is 0 Å². The van der Waals surface area contributed by atoms with Crippen molar-refractivity contribution < 1.29 is 19.7 Å². The molecule has 178 valence electrons. The summed E-state index contributed by atoms with van der Waals surface area (Å²) >= 11 is 0. The second-order valence-electron chi connectivity index (χ2n) is 10.5. The fourth-order valence-electron chi connectivity index (χ4n) is 5.87. The summed E-state index contributed by atoms with van der Waals surface area (Å²) in [6, 6.07) is 6.17. The predicted molar refractivity (Wildman–Crippen MR) is 126 cm³/mol. The number of amides is 1. The first kappa shape index (κ1) is 23.6. The van der Waals surface area contributed by atoms with Crippen molar-refractivity contribution in [1.29, 1.82) is 0 Å². The maximum atomic E-state index is 12.1. The number of carbonyl (C=O) groups is 1. The van der Waals surface area contributed by atoms with E-state index in [1.807, 2.05) is 12.1 Å². The number of rotatable bonds is 12. The Kier molecular flexibility index (Phi) is 8.12. The van der Waals surface area contributed by atoms with Gasteiger partial charge in [-0.2, -0.15) is 0 Å². The summed E-state index contributed by atoms with van der Waals surface area (Å²) in [5.41, 5.74) is 2.51. The molecule has 1 aromatic carbocycles. The van der Waals surface area contributed by atoms with Crippen LogP contribution in [0.5, 0.6) is 5.75 Å². The Morgan fingerprint density at radius 1 is 1.22 bits per heavy atom. The molecular formula is C27H41NO4. The maximum Gasteiger partial charge on any atom is 0.257 e. The van der Waals surface area contributed by atoms with Gasteiger partial charge in [0.15, 0.2) is 6.61 Å². The summed E-state index contributed by atoms with van der Waals surface area (Å²) in [5, 5.41) is 24.1. The lowest BCUT2D eigenvalue weighted by molar-refractivity contribution is -0.123. The summed E-state index contributed by atoms with van der Waals surface area (Å²) in [6.45, 7) is 3.02. The molecule has 2 saturated carbocycles. The Labute approximate surface area is 192 Å². The molecule has 3 aliphatic carbocycles. The maximum absolute atomic E-state index is 12.1. The molecule has 4 rings (SSSR count). The molecule has 0 heterocycles. The Morgan fingerprint density at radius 3 is 2.84 bits per heavy atom. The van der Waals surface area contributed by atoms with Crippen molar-refractivity contribution in [3.8, 4) is 5.75 Å². The van der Waals surface area contributed by atoms with Crippen LogP contribution in [0.1, 0.15) is 75.8 Å². The zero-order valence-corrected chi connectivity index (χ0v) is 19.6. The minimum Gasteiger partial charge on any atom is -0.483 e. The van der Waals surface area contributed by atoms with E-state index in [0.717, 1.165) is 57.2 Å². The summed E-state index contributed by atoms with van der Waals surface area (Å²) in [5.74, 6) is 2.64. The Balaban J connectivity index is 1.32. The Bertz CT molecular complexity index is 762. The highest BCUT2D eigenvalue weighted by molar-refractivity contribution is 5.77. The summed E-state index contributed by atoms with van der Waals surface area (Å²) in [7, 11) is 0. The Hall–Kier alpha value is -1.59. The molecule has 2 fully saturated rings. The van der Waals surface area contributed by atoms with Gasteiger partial charge in [0.2, 0.25) is 0 Å². The quantitative estimate of drug-likeness (QED) is 0.426. The number of ether oxygens (including phenoxy) is 1. The molecule has 0 bridgehead atoms. The molecular weight excluding hydrogens is 402 g/mol. The molecule has 3 aliphatic rings. The van der Waals surface area contributed by atoms with Crippen LogP contribution in [-0.2, 0) is 17.6 Å². The van der Waals surface area contributed by atoms with Gasteiger partial charge in [-0.3, -0.25) is 4.79 Å². The lowest BCUT2D eigenvalue weighted by Gasteiger charge is -2.32. The SMILES string of the molecule is CCCCC[C@@H](O)CC[C@@H]1[C@H]2Cc3cccc(OCC(=O)NCC4CC4)c3C[C@H]2C[C@H]1O. The summed E-state index contributed by atoms with van der Waals surface area (Å²) < 4.78 is 5.94. The monoisotopic (exact) mass is 443 g/mol. The lowest BCUT2D eigenvalue weighted by atomic mass is 9.73. The van der Waals surface area contributed by atoms with Crippen molar-refractivity contribution in [3.05, 3.63) is 29.3 Å². The van der Waals surface area contributed by atoms with Crippen LogP contribution >= 0.6 is 0 Å². The van der Waals surface area contributed by atoms with Crippen LogP contribution in [0.15, 0.2) is 18.2 Å². The average molecular weight is 444 g/mol. The van der Waals surface area contributed by atoms with Crippen molar-refractivity contribution in [2.45, 2.75) is 89.8 Å². The molecule has 0 spiro atoms. The molecule has 0 aromatic heterocycles. The number of carbonyl (C=O) groups excluding carboxylic acids is 1. The molecule has 1 amide bonds. The number of aliphatic hydroxyl groups excluding tert-OH is 2. The fourth-order valence-corrected chi connectivity index (χ4v) is 5.87. The fraction of sp³-hybridized carbons (Fsp3) is 0.741. The van der Waals surface area contributed by atoms with Crippen LogP contribution in [0.3, 0.4) is 0 Å². The third-order valence-corrected chi connectivity index (χ3v) is 7.96. The summed E-state index contributed by atoms with van der Waals surface area (Å²) in [4.78, 5) is 12.1. The van der Waals surface area contributed by atoms with Crippen molar-refractivity contribution in [2.75, 3.05) is 13.2 Å². The second kappa shape index (κ2) is 11.0. The van der Waals surface area contributed by atoms with Gasteiger partial charge in [-0.05, 0) is 92.2 Å². The van der Waals surface area contributed by atoms with Gasteiger partial charge in [0.05, 0.1) is 12.2 Å². The summed E-state index contributed by atoms with van der Waals surface area (Å²) in [6.07, 6.45) is 10.6. The first-order valence-corrected chi connectivity index (χ1v) is 12.9. The minimum atomic E-state index is -0.278. The highest BCUT2D eigenvalue weighted by Crippen LogP contribution is 2.48. The third-order valence-electron chi connectivity index (χ3n) is 7.96. The predicted octanol–water partition coefficient (Wildman–Crippen LogP) is 4.02. The molecule has 0 radical (unpaired) electrons. The number of hydrogen-bond acceptors (Lipinski definition) is 4. The van der Waals surface area contributed by atoms with Crippen molar-refractivity contribution in [2.24, 2.45) is 23.7 Å². The van der Waals surface area contributed by atoms with Crippen LogP contribution in [0.25, 0.3) is 0 Å². The van der Waals surface area contributed by atoms with Gasteiger partial charge in [-0.25, -0.2) is 0 Å². The number of hydrogen-bond donors (Lipinski definition) is 3.